The molecule has 0 saturated carbocycles. The molecule has 1 aromatic rings. The molecular formula is C12H19NO2. The van der Waals surface area contributed by atoms with Gasteiger partial charge < -0.3 is 9.59 Å². The van der Waals surface area contributed by atoms with Gasteiger partial charge in [0.2, 0.25) is 0 Å². The van der Waals surface area contributed by atoms with Gasteiger partial charge in [-0.15, -0.1) is 0 Å². The molecule has 0 bridgehead atoms. The number of carbonyl (C=O) groups excluding carboxylic acids is 2. The van der Waals surface area contributed by atoms with Crippen LogP contribution >= 0.6 is 0 Å². The number of nitrogens with zero attached hydrogens (tertiary/aromatic N) is 1. The summed E-state index contributed by atoms with van der Waals surface area (Å²) in [6, 6.07) is 5.72. The number of hydrogen-bond acceptors (Lipinski definition) is 3. The Balaban J connectivity index is 0. The van der Waals surface area contributed by atoms with Gasteiger partial charge in [0.15, 0.2) is 0 Å². The van der Waals surface area contributed by atoms with Crippen molar-refractivity contribution in [3.8, 4) is 0 Å². The second-order valence-corrected chi connectivity index (χ2v) is 2.99. The Kier molecular flexibility index (Phi) is 13.3. The number of ketones is 2. The van der Waals surface area contributed by atoms with E-state index in [1.165, 1.54) is 13.8 Å². The Labute approximate surface area is 91.5 Å². The molecular weight excluding hydrogens is 190 g/mol. The molecule has 0 aliphatic carbocycles. The van der Waals surface area contributed by atoms with Crippen LogP contribution in [0, 0.1) is 0 Å². The molecule has 1 rings (SSSR count). The van der Waals surface area contributed by atoms with E-state index in [-0.39, 0.29) is 11.6 Å². The Morgan fingerprint density at radius 3 is 1.40 bits per heavy atom. The lowest BCUT2D eigenvalue weighted by atomic mass is 10.4. The van der Waals surface area contributed by atoms with Crippen molar-refractivity contribution < 1.29 is 9.59 Å². The quantitative estimate of drug-likeness (QED) is 0.714. The maximum atomic E-state index is 9.81. The van der Waals surface area contributed by atoms with Crippen LogP contribution in [0.2, 0.25) is 0 Å². The topological polar surface area (TPSA) is 47.0 Å². The van der Waals surface area contributed by atoms with Crippen LogP contribution in [0.1, 0.15) is 34.1 Å². The largest absolute Gasteiger partial charge is 0.300 e. The van der Waals surface area contributed by atoms with Crippen molar-refractivity contribution in [2.75, 3.05) is 0 Å². The first-order chi connectivity index (χ1) is 7.00. The Hall–Kier alpha value is -1.51. The predicted octanol–water partition coefficient (Wildman–Crippen LogP) is 2.66. The van der Waals surface area contributed by atoms with E-state index in [0.29, 0.717) is 6.42 Å². The van der Waals surface area contributed by atoms with E-state index in [9.17, 15) is 9.59 Å². The molecule has 0 spiro atoms. The third-order valence-electron chi connectivity index (χ3n) is 1.06. The van der Waals surface area contributed by atoms with Crippen LogP contribution in [0.4, 0.5) is 0 Å². The number of rotatable bonds is 1. The summed E-state index contributed by atoms with van der Waals surface area (Å²) in [4.78, 5) is 23.0. The Bertz CT molecular complexity index is 227. The van der Waals surface area contributed by atoms with Crippen LogP contribution < -0.4 is 0 Å². The predicted molar refractivity (Wildman–Crippen MR) is 61.6 cm³/mol. The van der Waals surface area contributed by atoms with Gasteiger partial charge in [-0.2, -0.15) is 0 Å². The highest BCUT2D eigenvalue weighted by Gasteiger charge is 1.76. The SMILES string of the molecule is CC(C)=O.CCC(C)=O.c1ccncc1. The van der Waals surface area contributed by atoms with Gasteiger partial charge in [0.05, 0.1) is 0 Å². The molecule has 0 amide bonds. The molecule has 0 radical (unpaired) electrons. The molecule has 3 nitrogen and oxygen atoms in total. The van der Waals surface area contributed by atoms with Crippen LogP contribution in [0.15, 0.2) is 30.6 Å². The lowest BCUT2D eigenvalue weighted by Crippen LogP contribution is -1.80. The van der Waals surface area contributed by atoms with Crippen molar-refractivity contribution in [3.05, 3.63) is 30.6 Å². The number of Topliss-reactive ketones (excluding diaryl/α,β-unsaturated/α-hetero) is 2. The molecule has 0 unspecified atom stereocenters. The fourth-order valence-electron chi connectivity index (χ4n) is 0.313. The first-order valence-electron chi connectivity index (χ1n) is 4.82. The molecule has 0 atom stereocenters. The van der Waals surface area contributed by atoms with Crippen molar-refractivity contribution in [2.45, 2.75) is 34.1 Å². The van der Waals surface area contributed by atoms with Crippen LogP contribution in [0.3, 0.4) is 0 Å². The molecule has 3 heteroatoms. The average molecular weight is 209 g/mol. The number of carbonyl (C=O) groups is 2. The van der Waals surface area contributed by atoms with Crippen LogP contribution in [0.25, 0.3) is 0 Å². The van der Waals surface area contributed by atoms with Gasteiger partial charge in [-0.3, -0.25) is 4.98 Å². The molecule has 0 aliphatic rings. The van der Waals surface area contributed by atoms with Crippen LogP contribution in [-0.4, -0.2) is 16.6 Å². The fourth-order valence-corrected chi connectivity index (χ4v) is 0.313. The molecule has 0 fully saturated rings. The van der Waals surface area contributed by atoms with Crippen molar-refractivity contribution in [1.29, 1.82) is 0 Å². The summed E-state index contributed by atoms with van der Waals surface area (Å²) in [5.74, 6) is 0.421. The van der Waals surface area contributed by atoms with Crippen LogP contribution in [-0.2, 0) is 9.59 Å². The molecule has 84 valence electrons. The molecule has 0 N–H and O–H groups in total. The average Bonchev–Trinajstić information content (AvgIpc) is 2.20. The number of aromatic nitrogens is 1. The molecule has 1 aromatic heterocycles. The summed E-state index contributed by atoms with van der Waals surface area (Å²) in [5, 5.41) is 0. The van der Waals surface area contributed by atoms with Gasteiger partial charge in [-0.1, -0.05) is 13.0 Å². The van der Waals surface area contributed by atoms with Gasteiger partial charge in [-0.05, 0) is 32.9 Å². The molecule has 0 saturated heterocycles. The summed E-state index contributed by atoms with van der Waals surface area (Å²) < 4.78 is 0. The van der Waals surface area contributed by atoms with Gasteiger partial charge >= 0.3 is 0 Å². The standard InChI is InChI=1S/C5H5N.C4H8O.C3H6O/c1-2-4-6-5-3-1;1-3-4(2)5;1-3(2)4/h1-5H;3H2,1-2H3;1-2H3. The highest BCUT2D eigenvalue weighted by atomic mass is 16.1. The maximum Gasteiger partial charge on any atom is 0.129 e. The zero-order valence-corrected chi connectivity index (χ0v) is 9.86. The van der Waals surface area contributed by atoms with Gasteiger partial charge in [0.1, 0.15) is 11.6 Å². The summed E-state index contributed by atoms with van der Waals surface area (Å²) in [5.41, 5.74) is 0. The van der Waals surface area contributed by atoms with E-state index in [2.05, 4.69) is 4.98 Å². The van der Waals surface area contributed by atoms with Crippen molar-refractivity contribution in [2.24, 2.45) is 0 Å². The second kappa shape index (κ2) is 12.5. The van der Waals surface area contributed by atoms with E-state index in [0.717, 1.165) is 0 Å². The van der Waals surface area contributed by atoms with Crippen molar-refractivity contribution >= 4 is 11.6 Å². The lowest BCUT2D eigenvalue weighted by molar-refractivity contribution is -0.117. The van der Waals surface area contributed by atoms with Crippen molar-refractivity contribution in [1.82, 2.24) is 4.98 Å². The third-order valence-corrected chi connectivity index (χ3v) is 1.06. The molecule has 0 aromatic carbocycles. The Morgan fingerprint density at radius 2 is 1.33 bits per heavy atom. The highest BCUT2D eigenvalue weighted by Crippen LogP contribution is 1.73. The molecule has 15 heavy (non-hydrogen) atoms. The van der Waals surface area contributed by atoms with E-state index in [1.54, 1.807) is 19.3 Å². The second-order valence-electron chi connectivity index (χ2n) is 2.99. The first-order valence-corrected chi connectivity index (χ1v) is 4.82. The number of hydrogen-bond donors (Lipinski definition) is 0. The first kappa shape index (κ1) is 15.9. The zero-order valence-electron chi connectivity index (χ0n) is 9.86. The van der Waals surface area contributed by atoms with E-state index in [4.69, 9.17) is 0 Å². The van der Waals surface area contributed by atoms with Gasteiger partial charge in [-0.25, -0.2) is 0 Å². The molecule has 0 aliphatic heterocycles. The number of pyridine rings is 1. The van der Waals surface area contributed by atoms with Crippen LogP contribution in [0.5, 0.6) is 0 Å². The summed E-state index contributed by atoms with van der Waals surface area (Å²) in [7, 11) is 0. The monoisotopic (exact) mass is 209 g/mol. The summed E-state index contributed by atoms with van der Waals surface area (Å²) in [6.45, 7) is 6.49. The Morgan fingerprint density at radius 1 is 1.00 bits per heavy atom. The highest BCUT2D eigenvalue weighted by molar-refractivity contribution is 5.74. The van der Waals surface area contributed by atoms with E-state index in [1.807, 2.05) is 25.1 Å². The third kappa shape index (κ3) is 32.6. The molecule has 1 heterocycles. The van der Waals surface area contributed by atoms with E-state index >= 15 is 0 Å². The normalized spacial score (nSPS) is 7.47. The zero-order chi connectivity index (χ0) is 12.1. The van der Waals surface area contributed by atoms with Crippen molar-refractivity contribution in [3.63, 3.8) is 0 Å². The maximum absolute atomic E-state index is 9.81. The van der Waals surface area contributed by atoms with Gasteiger partial charge in [0, 0.05) is 18.8 Å². The minimum absolute atomic E-state index is 0.167. The van der Waals surface area contributed by atoms with E-state index < -0.39 is 0 Å². The summed E-state index contributed by atoms with van der Waals surface area (Å²) >= 11 is 0. The fraction of sp³-hybridized carbons (Fsp3) is 0.417. The summed E-state index contributed by atoms with van der Waals surface area (Å²) in [6.07, 6.45) is 4.17. The minimum Gasteiger partial charge on any atom is -0.300 e. The lowest BCUT2D eigenvalue weighted by Gasteiger charge is -1.71. The minimum atomic E-state index is 0.167. The van der Waals surface area contributed by atoms with Gasteiger partial charge in [0.25, 0.3) is 0 Å². The smallest absolute Gasteiger partial charge is 0.129 e.